The molecule has 1 amide bonds. The van der Waals surface area contributed by atoms with E-state index in [2.05, 4.69) is 29.4 Å². The van der Waals surface area contributed by atoms with Gasteiger partial charge >= 0.3 is 0 Å². The van der Waals surface area contributed by atoms with Crippen LogP contribution in [0.3, 0.4) is 0 Å². The molecule has 1 aromatic heterocycles. The third-order valence-electron chi connectivity index (χ3n) is 3.71. The van der Waals surface area contributed by atoms with Crippen LogP contribution in [0.5, 0.6) is 0 Å². The van der Waals surface area contributed by atoms with E-state index >= 15 is 0 Å². The van der Waals surface area contributed by atoms with E-state index in [-0.39, 0.29) is 11.9 Å². The Balaban J connectivity index is 1.83. The zero-order chi connectivity index (χ0) is 14.5. The molecule has 2 rings (SSSR count). The molecule has 2 atom stereocenters. The minimum Gasteiger partial charge on any atom is -0.327 e. The van der Waals surface area contributed by atoms with E-state index in [4.69, 9.17) is 5.73 Å². The van der Waals surface area contributed by atoms with Gasteiger partial charge in [0.25, 0.3) is 0 Å². The van der Waals surface area contributed by atoms with Crippen molar-refractivity contribution in [3.63, 3.8) is 0 Å². The standard InChI is InChI=1S/C14H24N4OS/c1-9(2)7-13-17-18-14(20-13)16-12(19)8-10-5-3-4-6-11(10)15/h9-11H,3-8,15H2,1-2H3,(H,16,18,19). The summed E-state index contributed by atoms with van der Waals surface area (Å²) in [5.74, 6) is 0.873. The van der Waals surface area contributed by atoms with Gasteiger partial charge in [-0.15, -0.1) is 10.2 Å². The van der Waals surface area contributed by atoms with Gasteiger partial charge in [0.15, 0.2) is 0 Å². The zero-order valence-electron chi connectivity index (χ0n) is 12.3. The van der Waals surface area contributed by atoms with Gasteiger partial charge in [0.2, 0.25) is 11.0 Å². The molecule has 20 heavy (non-hydrogen) atoms. The van der Waals surface area contributed by atoms with Gasteiger partial charge in [0.05, 0.1) is 0 Å². The summed E-state index contributed by atoms with van der Waals surface area (Å²) in [5, 5.41) is 12.6. The highest BCUT2D eigenvalue weighted by molar-refractivity contribution is 7.15. The van der Waals surface area contributed by atoms with Gasteiger partial charge < -0.3 is 11.1 Å². The predicted octanol–water partition coefficient (Wildman–Crippen LogP) is 2.58. The van der Waals surface area contributed by atoms with Gasteiger partial charge in [-0.05, 0) is 24.7 Å². The molecule has 5 nitrogen and oxygen atoms in total. The number of nitrogens with one attached hydrogen (secondary N) is 1. The van der Waals surface area contributed by atoms with Gasteiger partial charge in [0.1, 0.15) is 5.01 Å². The van der Waals surface area contributed by atoms with Crippen LogP contribution < -0.4 is 11.1 Å². The number of anilines is 1. The Kier molecular flexibility index (Phi) is 5.48. The van der Waals surface area contributed by atoms with Gasteiger partial charge in [-0.25, -0.2) is 0 Å². The summed E-state index contributed by atoms with van der Waals surface area (Å²) < 4.78 is 0. The van der Waals surface area contributed by atoms with Crippen molar-refractivity contribution in [3.05, 3.63) is 5.01 Å². The van der Waals surface area contributed by atoms with Crippen LogP contribution >= 0.6 is 11.3 Å². The van der Waals surface area contributed by atoms with Crippen molar-refractivity contribution >= 4 is 22.4 Å². The van der Waals surface area contributed by atoms with E-state index in [0.717, 1.165) is 24.3 Å². The third kappa shape index (κ3) is 4.52. The lowest BCUT2D eigenvalue weighted by atomic mass is 9.83. The van der Waals surface area contributed by atoms with Crippen molar-refractivity contribution in [1.29, 1.82) is 0 Å². The molecule has 0 spiro atoms. The van der Waals surface area contributed by atoms with Crippen molar-refractivity contribution in [3.8, 4) is 0 Å². The average molecular weight is 296 g/mol. The zero-order valence-corrected chi connectivity index (χ0v) is 13.1. The maximum atomic E-state index is 12.0. The Morgan fingerprint density at radius 1 is 1.40 bits per heavy atom. The highest BCUT2D eigenvalue weighted by Gasteiger charge is 2.24. The van der Waals surface area contributed by atoms with E-state index in [0.29, 0.717) is 23.4 Å². The summed E-state index contributed by atoms with van der Waals surface area (Å²) in [6, 6.07) is 0.167. The topological polar surface area (TPSA) is 80.9 Å². The van der Waals surface area contributed by atoms with Crippen molar-refractivity contribution in [2.45, 2.75) is 58.4 Å². The van der Waals surface area contributed by atoms with Crippen LogP contribution in [0.15, 0.2) is 0 Å². The van der Waals surface area contributed by atoms with Crippen LogP contribution in [0.25, 0.3) is 0 Å². The molecular formula is C14H24N4OS. The average Bonchev–Trinajstić information content (AvgIpc) is 2.78. The number of nitrogens with zero attached hydrogens (tertiary/aromatic N) is 2. The van der Waals surface area contributed by atoms with Gasteiger partial charge in [-0.1, -0.05) is 38.0 Å². The number of carbonyl (C=O) groups excluding carboxylic acids is 1. The highest BCUT2D eigenvalue weighted by Crippen LogP contribution is 2.26. The summed E-state index contributed by atoms with van der Waals surface area (Å²) in [7, 11) is 0. The lowest BCUT2D eigenvalue weighted by molar-refractivity contribution is -0.117. The molecule has 112 valence electrons. The number of carbonyl (C=O) groups is 1. The van der Waals surface area contributed by atoms with Gasteiger partial charge in [0, 0.05) is 18.9 Å². The second-order valence-corrected chi connectivity index (χ2v) is 7.12. The number of rotatable bonds is 5. The fourth-order valence-corrected chi connectivity index (χ4v) is 3.60. The van der Waals surface area contributed by atoms with Gasteiger partial charge in [-0.2, -0.15) is 0 Å². The SMILES string of the molecule is CC(C)Cc1nnc(NC(=O)CC2CCCCC2N)s1. The number of nitrogens with two attached hydrogens (primary N) is 1. The number of hydrogen-bond donors (Lipinski definition) is 2. The molecule has 1 aromatic rings. The van der Waals surface area contributed by atoms with Crippen molar-refractivity contribution in [2.24, 2.45) is 17.6 Å². The molecule has 1 heterocycles. The molecule has 6 heteroatoms. The first-order chi connectivity index (χ1) is 9.54. The van der Waals surface area contributed by atoms with Crippen molar-refractivity contribution in [1.82, 2.24) is 10.2 Å². The van der Waals surface area contributed by atoms with E-state index in [1.54, 1.807) is 0 Å². The molecule has 0 aliphatic heterocycles. The maximum absolute atomic E-state index is 12.0. The molecule has 1 aliphatic rings. The minimum atomic E-state index is 0.0135. The van der Waals surface area contributed by atoms with Crippen molar-refractivity contribution in [2.75, 3.05) is 5.32 Å². The molecule has 0 saturated heterocycles. The highest BCUT2D eigenvalue weighted by atomic mass is 32.1. The Labute approximate surface area is 124 Å². The van der Waals surface area contributed by atoms with Crippen LogP contribution in [0.2, 0.25) is 0 Å². The molecule has 0 radical (unpaired) electrons. The Bertz CT molecular complexity index is 446. The monoisotopic (exact) mass is 296 g/mol. The third-order valence-corrected chi connectivity index (χ3v) is 4.57. The summed E-state index contributed by atoms with van der Waals surface area (Å²) in [5.41, 5.74) is 6.07. The molecule has 1 fully saturated rings. The fraction of sp³-hybridized carbons (Fsp3) is 0.786. The first kappa shape index (κ1) is 15.4. The van der Waals surface area contributed by atoms with Crippen LogP contribution in [-0.4, -0.2) is 22.1 Å². The second kappa shape index (κ2) is 7.13. The smallest absolute Gasteiger partial charge is 0.226 e. The van der Waals surface area contributed by atoms with Crippen LogP contribution in [0, 0.1) is 11.8 Å². The molecule has 1 aliphatic carbocycles. The molecule has 2 unspecified atom stereocenters. The Morgan fingerprint density at radius 3 is 2.85 bits per heavy atom. The van der Waals surface area contributed by atoms with Crippen LogP contribution in [-0.2, 0) is 11.2 Å². The molecular weight excluding hydrogens is 272 g/mol. The summed E-state index contributed by atoms with van der Waals surface area (Å²) in [4.78, 5) is 12.0. The molecule has 3 N–H and O–H groups in total. The largest absolute Gasteiger partial charge is 0.327 e. The van der Waals surface area contributed by atoms with Gasteiger partial charge in [-0.3, -0.25) is 4.79 Å². The Hall–Kier alpha value is -1.01. The first-order valence-electron chi connectivity index (χ1n) is 7.42. The minimum absolute atomic E-state index is 0.0135. The quantitative estimate of drug-likeness (QED) is 0.875. The fourth-order valence-electron chi connectivity index (χ4n) is 2.63. The van der Waals surface area contributed by atoms with E-state index in [1.807, 2.05) is 0 Å². The van der Waals surface area contributed by atoms with Crippen LogP contribution in [0.4, 0.5) is 5.13 Å². The number of amides is 1. The summed E-state index contributed by atoms with van der Waals surface area (Å²) in [6.45, 7) is 4.29. The summed E-state index contributed by atoms with van der Waals surface area (Å²) in [6.07, 6.45) is 5.87. The van der Waals surface area contributed by atoms with E-state index in [1.165, 1.54) is 24.2 Å². The lowest BCUT2D eigenvalue weighted by Gasteiger charge is -2.27. The number of hydrogen-bond acceptors (Lipinski definition) is 5. The predicted molar refractivity (Wildman–Crippen MR) is 81.6 cm³/mol. The van der Waals surface area contributed by atoms with Crippen molar-refractivity contribution < 1.29 is 4.79 Å². The number of aromatic nitrogens is 2. The second-order valence-electron chi connectivity index (χ2n) is 6.06. The van der Waals surface area contributed by atoms with E-state index < -0.39 is 0 Å². The molecule has 0 bridgehead atoms. The van der Waals surface area contributed by atoms with Crippen LogP contribution in [0.1, 0.15) is 51.0 Å². The molecule has 1 saturated carbocycles. The molecule has 0 aromatic carbocycles. The summed E-state index contributed by atoms with van der Waals surface area (Å²) >= 11 is 1.47. The Morgan fingerprint density at radius 2 is 2.15 bits per heavy atom. The normalized spacial score (nSPS) is 23.0. The first-order valence-corrected chi connectivity index (χ1v) is 8.24. The lowest BCUT2D eigenvalue weighted by Crippen LogP contribution is -2.35. The maximum Gasteiger partial charge on any atom is 0.226 e. The van der Waals surface area contributed by atoms with E-state index in [9.17, 15) is 4.79 Å².